The number of pyridine rings is 1. The summed E-state index contributed by atoms with van der Waals surface area (Å²) in [5, 5.41) is 17.7. The smallest absolute Gasteiger partial charge is 0.259 e. The Bertz CT molecular complexity index is 1010. The Morgan fingerprint density at radius 1 is 1.39 bits per heavy atom. The highest BCUT2D eigenvalue weighted by molar-refractivity contribution is 6.06. The molecule has 1 saturated carbocycles. The molecule has 0 radical (unpaired) electrons. The lowest BCUT2D eigenvalue weighted by molar-refractivity contribution is 0.0915. The number of carbonyl (C=O) groups excluding carboxylic acids is 1. The Labute approximate surface area is 161 Å². The SMILES string of the molecule is CCCc1noc2nc(C3CC3)cc(C(=O)NCC(O)c3ccccc3F)c12. The predicted molar refractivity (Wildman–Crippen MR) is 101 cm³/mol. The van der Waals surface area contributed by atoms with Gasteiger partial charge in [0.05, 0.1) is 22.7 Å². The summed E-state index contributed by atoms with van der Waals surface area (Å²) in [7, 11) is 0. The van der Waals surface area contributed by atoms with Crippen LogP contribution in [0.1, 0.15) is 65.5 Å². The normalized spacial score (nSPS) is 15.0. The van der Waals surface area contributed by atoms with E-state index in [1.54, 1.807) is 18.2 Å². The predicted octanol–water partition coefficient (Wildman–Crippen LogP) is 3.66. The van der Waals surface area contributed by atoms with Gasteiger partial charge in [0, 0.05) is 23.7 Å². The number of aliphatic hydroxyl groups is 1. The van der Waals surface area contributed by atoms with Crippen LogP contribution in [0.15, 0.2) is 34.9 Å². The fourth-order valence-electron chi connectivity index (χ4n) is 3.34. The summed E-state index contributed by atoms with van der Waals surface area (Å²) in [5.41, 5.74) is 2.49. The maximum Gasteiger partial charge on any atom is 0.259 e. The van der Waals surface area contributed by atoms with Crippen molar-refractivity contribution in [2.24, 2.45) is 0 Å². The van der Waals surface area contributed by atoms with Crippen LogP contribution in [0.3, 0.4) is 0 Å². The summed E-state index contributed by atoms with van der Waals surface area (Å²) < 4.78 is 19.2. The number of rotatable bonds is 7. The number of aliphatic hydroxyl groups excluding tert-OH is 1. The lowest BCUT2D eigenvalue weighted by atomic mass is 10.0. The summed E-state index contributed by atoms with van der Waals surface area (Å²) in [6.45, 7) is 1.92. The molecule has 1 unspecified atom stereocenters. The van der Waals surface area contributed by atoms with E-state index in [1.165, 1.54) is 12.1 Å². The molecule has 1 fully saturated rings. The first kappa shape index (κ1) is 18.6. The standard InChI is InChI=1S/C21H22FN3O3/c1-2-5-16-19-14(10-17(12-8-9-12)24-21(19)28-25-16)20(27)23-11-18(26)13-6-3-4-7-15(13)22/h3-4,6-7,10,12,18,26H,2,5,8-9,11H2,1H3,(H,23,27). The van der Waals surface area contributed by atoms with Crippen molar-refractivity contribution in [2.45, 2.75) is 44.6 Å². The fraction of sp³-hybridized carbons (Fsp3) is 0.381. The van der Waals surface area contributed by atoms with Gasteiger partial charge in [-0.1, -0.05) is 36.7 Å². The number of halogens is 1. The first-order valence-electron chi connectivity index (χ1n) is 9.58. The molecule has 0 saturated heterocycles. The molecule has 0 aliphatic heterocycles. The molecule has 2 heterocycles. The number of hydrogen-bond acceptors (Lipinski definition) is 5. The van der Waals surface area contributed by atoms with Gasteiger partial charge in [-0.2, -0.15) is 0 Å². The van der Waals surface area contributed by atoms with Gasteiger partial charge in [0.15, 0.2) is 0 Å². The van der Waals surface area contributed by atoms with Crippen molar-refractivity contribution in [3.63, 3.8) is 0 Å². The molecule has 0 spiro atoms. The van der Waals surface area contributed by atoms with Crippen molar-refractivity contribution in [3.8, 4) is 0 Å². The second kappa shape index (κ2) is 7.67. The van der Waals surface area contributed by atoms with Crippen LogP contribution in [-0.4, -0.2) is 27.7 Å². The Morgan fingerprint density at radius 3 is 2.89 bits per heavy atom. The third-order valence-electron chi connectivity index (χ3n) is 4.98. The molecular weight excluding hydrogens is 361 g/mol. The summed E-state index contributed by atoms with van der Waals surface area (Å²) in [6, 6.07) is 7.77. The molecule has 6 nitrogen and oxygen atoms in total. The van der Waals surface area contributed by atoms with Crippen LogP contribution in [0.5, 0.6) is 0 Å². The van der Waals surface area contributed by atoms with Gasteiger partial charge in [-0.15, -0.1) is 0 Å². The molecule has 7 heteroatoms. The second-order valence-corrected chi connectivity index (χ2v) is 7.18. The first-order chi connectivity index (χ1) is 13.6. The number of carbonyl (C=O) groups is 1. The Morgan fingerprint density at radius 2 is 2.18 bits per heavy atom. The van der Waals surface area contributed by atoms with E-state index in [0.717, 1.165) is 25.0 Å². The van der Waals surface area contributed by atoms with Gasteiger partial charge < -0.3 is 14.9 Å². The molecule has 1 amide bonds. The number of hydrogen-bond donors (Lipinski definition) is 2. The van der Waals surface area contributed by atoms with Gasteiger partial charge >= 0.3 is 0 Å². The third-order valence-corrected chi connectivity index (χ3v) is 4.98. The Balaban J connectivity index is 1.60. The van der Waals surface area contributed by atoms with E-state index in [2.05, 4.69) is 15.5 Å². The Kier molecular flexibility index (Phi) is 5.09. The Hall–Kier alpha value is -2.80. The second-order valence-electron chi connectivity index (χ2n) is 7.18. The molecule has 1 aliphatic carbocycles. The van der Waals surface area contributed by atoms with Gasteiger partial charge in [0.2, 0.25) is 0 Å². The van der Waals surface area contributed by atoms with Crippen molar-refractivity contribution < 1.29 is 18.8 Å². The fourth-order valence-corrected chi connectivity index (χ4v) is 3.34. The molecular formula is C21H22FN3O3. The minimum Gasteiger partial charge on any atom is -0.386 e. The van der Waals surface area contributed by atoms with E-state index in [-0.39, 0.29) is 18.0 Å². The minimum absolute atomic E-state index is 0.100. The molecule has 146 valence electrons. The topological polar surface area (TPSA) is 88.2 Å². The number of aryl methyl sites for hydroxylation is 1. The molecule has 3 aromatic rings. The van der Waals surface area contributed by atoms with Crippen LogP contribution in [0.4, 0.5) is 4.39 Å². The van der Waals surface area contributed by atoms with E-state index < -0.39 is 11.9 Å². The van der Waals surface area contributed by atoms with E-state index >= 15 is 0 Å². The van der Waals surface area contributed by atoms with Crippen LogP contribution in [0.25, 0.3) is 11.1 Å². The van der Waals surface area contributed by atoms with Gasteiger partial charge in [-0.05, 0) is 31.4 Å². The van der Waals surface area contributed by atoms with E-state index in [0.29, 0.717) is 34.7 Å². The van der Waals surface area contributed by atoms with Crippen molar-refractivity contribution in [3.05, 3.63) is 58.7 Å². The van der Waals surface area contributed by atoms with Crippen LogP contribution in [0, 0.1) is 5.82 Å². The number of aromatic nitrogens is 2. The molecule has 1 aromatic carbocycles. The average molecular weight is 383 g/mol. The lowest BCUT2D eigenvalue weighted by Gasteiger charge is -2.14. The summed E-state index contributed by atoms with van der Waals surface area (Å²) in [5.74, 6) is -0.513. The molecule has 0 bridgehead atoms. The zero-order valence-electron chi connectivity index (χ0n) is 15.6. The van der Waals surface area contributed by atoms with E-state index in [9.17, 15) is 14.3 Å². The highest BCUT2D eigenvalue weighted by Crippen LogP contribution is 2.40. The summed E-state index contributed by atoms with van der Waals surface area (Å²) >= 11 is 0. The van der Waals surface area contributed by atoms with Gasteiger partial charge in [0.25, 0.3) is 11.6 Å². The number of nitrogens with one attached hydrogen (secondary N) is 1. The minimum atomic E-state index is -1.14. The van der Waals surface area contributed by atoms with Crippen LogP contribution in [-0.2, 0) is 6.42 Å². The molecule has 4 rings (SSSR count). The number of amides is 1. The molecule has 1 atom stereocenters. The molecule has 2 aromatic heterocycles. The van der Waals surface area contributed by atoms with Crippen LogP contribution < -0.4 is 5.32 Å². The van der Waals surface area contributed by atoms with E-state index in [4.69, 9.17) is 4.52 Å². The van der Waals surface area contributed by atoms with Crippen molar-refractivity contribution >= 4 is 17.0 Å². The highest BCUT2D eigenvalue weighted by atomic mass is 19.1. The summed E-state index contributed by atoms with van der Waals surface area (Å²) in [6.07, 6.45) is 2.49. The summed E-state index contributed by atoms with van der Waals surface area (Å²) in [4.78, 5) is 17.4. The van der Waals surface area contributed by atoms with E-state index in [1.807, 2.05) is 6.92 Å². The highest BCUT2D eigenvalue weighted by Gasteiger charge is 2.29. The monoisotopic (exact) mass is 383 g/mol. The molecule has 2 N–H and O–H groups in total. The average Bonchev–Trinajstić information content (AvgIpc) is 3.47. The van der Waals surface area contributed by atoms with Gasteiger partial charge in [0.1, 0.15) is 5.82 Å². The zero-order chi connectivity index (χ0) is 19.7. The van der Waals surface area contributed by atoms with Crippen LogP contribution in [0.2, 0.25) is 0 Å². The zero-order valence-corrected chi connectivity index (χ0v) is 15.6. The third kappa shape index (κ3) is 3.62. The van der Waals surface area contributed by atoms with Crippen LogP contribution >= 0.6 is 0 Å². The maximum absolute atomic E-state index is 13.8. The van der Waals surface area contributed by atoms with Crippen molar-refractivity contribution in [1.82, 2.24) is 15.5 Å². The van der Waals surface area contributed by atoms with Gasteiger partial charge in [-0.25, -0.2) is 9.37 Å². The molecule has 1 aliphatic rings. The van der Waals surface area contributed by atoms with Gasteiger partial charge in [-0.3, -0.25) is 4.79 Å². The maximum atomic E-state index is 13.8. The number of fused-ring (bicyclic) bond motifs is 1. The van der Waals surface area contributed by atoms with Crippen molar-refractivity contribution in [2.75, 3.05) is 6.54 Å². The van der Waals surface area contributed by atoms with Crippen molar-refractivity contribution in [1.29, 1.82) is 0 Å². The lowest BCUT2D eigenvalue weighted by Crippen LogP contribution is -2.29. The number of nitrogens with zero attached hydrogens (tertiary/aromatic N) is 2. The largest absolute Gasteiger partial charge is 0.386 e. The first-order valence-corrected chi connectivity index (χ1v) is 9.58. The molecule has 28 heavy (non-hydrogen) atoms. The quantitative estimate of drug-likeness (QED) is 0.650. The number of benzene rings is 1.